The number of fused-ring (bicyclic) bond motifs is 1. The third-order valence-electron chi connectivity index (χ3n) is 3.99. The lowest BCUT2D eigenvalue weighted by molar-refractivity contribution is 0.355. The molecule has 0 atom stereocenters. The van der Waals surface area contributed by atoms with Crippen molar-refractivity contribution in [3.8, 4) is 22.8 Å². The number of methoxy groups -OCH3 is 2. The smallest absolute Gasteiger partial charge is 0.179 e. The van der Waals surface area contributed by atoms with Gasteiger partial charge in [0.1, 0.15) is 5.65 Å². The van der Waals surface area contributed by atoms with E-state index in [1.807, 2.05) is 53.1 Å². The molecule has 130 valence electrons. The molecule has 0 fully saturated rings. The van der Waals surface area contributed by atoms with Crippen LogP contribution in [0.1, 0.15) is 0 Å². The van der Waals surface area contributed by atoms with Gasteiger partial charge >= 0.3 is 0 Å². The highest BCUT2D eigenvalue weighted by atomic mass is 32.2. The molecule has 0 saturated carbocycles. The van der Waals surface area contributed by atoms with E-state index in [0.29, 0.717) is 11.5 Å². The Bertz CT molecular complexity index is 1050. The summed E-state index contributed by atoms with van der Waals surface area (Å²) in [4.78, 5) is 10.4. The normalized spacial score (nSPS) is 10.8. The van der Waals surface area contributed by atoms with E-state index >= 15 is 0 Å². The molecular weight excluding hydrogens is 346 g/mol. The Balaban J connectivity index is 1.81. The number of benzene rings is 2. The van der Waals surface area contributed by atoms with Gasteiger partial charge in [-0.2, -0.15) is 0 Å². The van der Waals surface area contributed by atoms with Crippen molar-refractivity contribution in [3.63, 3.8) is 0 Å². The number of nitrogens with zero attached hydrogens (tertiary/aromatic N) is 3. The first kappa shape index (κ1) is 16.5. The van der Waals surface area contributed by atoms with Crippen molar-refractivity contribution in [2.24, 2.45) is 0 Å². The summed E-state index contributed by atoms with van der Waals surface area (Å²) in [6, 6.07) is 17.9. The molecule has 0 N–H and O–H groups in total. The second-order valence-corrected chi connectivity index (χ2v) is 6.60. The van der Waals surface area contributed by atoms with Gasteiger partial charge in [0, 0.05) is 28.9 Å². The van der Waals surface area contributed by atoms with Crippen LogP contribution in [0, 0.1) is 0 Å². The maximum Gasteiger partial charge on any atom is 0.179 e. The lowest BCUT2D eigenvalue weighted by atomic mass is 10.1. The summed E-state index contributed by atoms with van der Waals surface area (Å²) in [5, 5.41) is 0.857. The molecule has 2 heterocycles. The summed E-state index contributed by atoms with van der Waals surface area (Å²) in [5.74, 6) is 1.37. The Morgan fingerprint density at radius 2 is 1.73 bits per heavy atom. The van der Waals surface area contributed by atoms with Gasteiger partial charge in [0.25, 0.3) is 0 Å². The Labute approximate surface area is 155 Å². The summed E-state index contributed by atoms with van der Waals surface area (Å²) < 4.78 is 12.7. The van der Waals surface area contributed by atoms with E-state index in [2.05, 4.69) is 17.1 Å². The van der Waals surface area contributed by atoms with Gasteiger partial charge in [-0.15, -0.1) is 0 Å². The highest BCUT2D eigenvalue weighted by Gasteiger charge is 2.12. The second-order valence-electron chi connectivity index (χ2n) is 5.56. The topological polar surface area (TPSA) is 48.7 Å². The minimum atomic E-state index is 0.673. The van der Waals surface area contributed by atoms with Gasteiger partial charge in [0.2, 0.25) is 0 Å². The molecule has 0 aliphatic heterocycles. The molecule has 0 unspecified atom stereocenters. The van der Waals surface area contributed by atoms with Gasteiger partial charge in [-0.25, -0.2) is 9.97 Å². The van der Waals surface area contributed by atoms with E-state index in [9.17, 15) is 0 Å². The van der Waals surface area contributed by atoms with Crippen LogP contribution in [-0.2, 0) is 0 Å². The molecule has 4 rings (SSSR count). The second kappa shape index (κ2) is 7.09. The number of hydrogen-bond acceptors (Lipinski definition) is 5. The molecule has 0 saturated heterocycles. The van der Waals surface area contributed by atoms with Crippen molar-refractivity contribution in [3.05, 3.63) is 67.0 Å². The summed E-state index contributed by atoms with van der Waals surface area (Å²) in [7, 11) is 3.25. The van der Waals surface area contributed by atoms with Gasteiger partial charge in [-0.1, -0.05) is 30.0 Å². The lowest BCUT2D eigenvalue weighted by Gasteiger charge is -2.11. The average molecular weight is 363 g/mol. The summed E-state index contributed by atoms with van der Waals surface area (Å²) >= 11 is 1.60. The Morgan fingerprint density at radius 3 is 2.50 bits per heavy atom. The first-order chi connectivity index (χ1) is 12.8. The number of aromatic nitrogens is 3. The van der Waals surface area contributed by atoms with E-state index in [4.69, 9.17) is 14.5 Å². The van der Waals surface area contributed by atoms with Crippen LogP contribution in [0.3, 0.4) is 0 Å². The van der Waals surface area contributed by atoms with Gasteiger partial charge in [-0.3, -0.25) is 4.40 Å². The standard InChI is InChI=1S/C20H17N3O2S/c1-24-17-9-8-14(12-18(17)25-2)16-13-19-21-10-11-23(19)20(22-16)26-15-6-4-3-5-7-15/h3-13H,1-2H3. The van der Waals surface area contributed by atoms with Crippen LogP contribution in [-0.4, -0.2) is 28.6 Å². The summed E-state index contributed by atoms with van der Waals surface area (Å²) in [6.45, 7) is 0. The monoisotopic (exact) mass is 363 g/mol. The molecule has 0 bridgehead atoms. The van der Waals surface area contributed by atoms with Crippen molar-refractivity contribution in [1.29, 1.82) is 0 Å². The van der Waals surface area contributed by atoms with Crippen molar-refractivity contribution in [1.82, 2.24) is 14.4 Å². The fourth-order valence-corrected chi connectivity index (χ4v) is 3.61. The van der Waals surface area contributed by atoms with Crippen LogP contribution in [0.25, 0.3) is 16.9 Å². The van der Waals surface area contributed by atoms with E-state index in [1.54, 1.807) is 32.2 Å². The Kier molecular flexibility index (Phi) is 4.50. The van der Waals surface area contributed by atoms with E-state index in [0.717, 1.165) is 27.0 Å². The molecule has 4 aromatic rings. The van der Waals surface area contributed by atoms with Crippen LogP contribution in [0.4, 0.5) is 0 Å². The van der Waals surface area contributed by atoms with Crippen LogP contribution < -0.4 is 9.47 Å². The van der Waals surface area contributed by atoms with Gasteiger partial charge in [-0.05, 0) is 30.3 Å². The molecule has 26 heavy (non-hydrogen) atoms. The van der Waals surface area contributed by atoms with Gasteiger partial charge < -0.3 is 9.47 Å². The first-order valence-corrected chi connectivity index (χ1v) is 8.89. The quantitative estimate of drug-likeness (QED) is 0.486. The minimum absolute atomic E-state index is 0.673. The highest BCUT2D eigenvalue weighted by molar-refractivity contribution is 7.99. The zero-order valence-corrected chi connectivity index (χ0v) is 15.2. The minimum Gasteiger partial charge on any atom is -0.493 e. The van der Waals surface area contributed by atoms with E-state index in [1.165, 1.54) is 0 Å². The maximum atomic E-state index is 5.42. The van der Waals surface area contributed by atoms with E-state index in [-0.39, 0.29) is 0 Å². The third-order valence-corrected chi connectivity index (χ3v) is 4.97. The molecule has 2 aromatic heterocycles. The summed E-state index contributed by atoms with van der Waals surface area (Å²) in [6.07, 6.45) is 3.70. The Morgan fingerprint density at radius 1 is 0.923 bits per heavy atom. The highest BCUT2D eigenvalue weighted by Crippen LogP contribution is 2.34. The summed E-state index contributed by atoms with van der Waals surface area (Å²) in [5.41, 5.74) is 2.63. The molecule has 0 amide bonds. The van der Waals surface area contributed by atoms with Crippen molar-refractivity contribution in [2.75, 3.05) is 14.2 Å². The molecule has 0 spiro atoms. The molecule has 0 radical (unpaired) electrons. The zero-order chi connectivity index (χ0) is 17.9. The van der Waals surface area contributed by atoms with Crippen molar-refractivity contribution in [2.45, 2.75) is 10.1 Å². The largest absolute Gasteiger partial charge is 0.493 e. The van der Waals surface area contributed by atoms with Crippen molar-refractivity contribution < 1.29 is 9.47 Å². The molecule has 0 aliphatic rings. The molecule has 2 aromatic carbocycles. The zero-order valence-electron chi connectivity index (χ0n) is 14.4. The predicted molar refractivity (Wildman–Crippen MR) is 102 cm³/mol. The van der Waals surface area contributed by atoms with Crippen LogP contribution in [0.2, 0.25) is 0 Å². The fourth-order valence-electron chi connectivity index (χ4n) is 2.70. The van der Waals surface area contributed by atoms with Gasteiger partial charge in [0.15, 0.2) is 16.7 Å². The number of ether oxygens (including phenoxy) is 2. The number of hydrogen-bond donors (Lipinski definition) is 0. The molecule has 0 aliphatic carbocycles. The van der Waals surface area contributed by atoms with Crippen LogP contribution >= 0.6 is 11.8 Å². The number of rotatable bonds is 5. The van der Waals surface area contributed by atoms with Gasteiger partial charge in [0.05, 0.1) is 19.9 Å². The van der Waals surface area contributed by atoms with Crippen molar-refractivity contribution >= 4 is 17.4 Å². The molecule has 6 heteroatoms. The predicted octanol–water partition coefficient (Wildman–Crippen LogP) is 4.56. The molecular formula is C20H17N3O2S. The van der Waals surface area contributed by atoms with Crippen LogP contribution in [0.5, 0.6) is 11.5 Å². The van der Waals surface area contributed by atoms with E-state index < -0.39 is 0 Å². The maximum absolute atomic E-state index is 5.42. The Hall–Kier alpha value is -2.99. The third kappa shape index (κ3) is 3.11. The average Bonchev–Trinajstić information content (AvgIpc) is 3.17. The number of imidazole rings is 1. The fraction of sp³-hybridized carbons (Fsp3) is 0.100. The van der Waals surface area contributed by atoms with Crippen LogP contribution in [0.15, 0.2) is 77.0 Å². The SMILES string of the molecule is COc1ccc(-c2cc3nccn3c(Sc3ccccc3)n2)cc1OC. The molecule has 5 nitrogen and oxygen atoms in total. The lowest BCUT2D eigenvalue weighted by Crippen LogP contribution is -1.97. The first-order valence-electron chi connectivity index (χ1n) is 8.08.